The molecule has 0 saturated heterocycles. The second-order valence-electron chi connectivity index (χ2n) is 4.29. The van der Waals surface area contributed by atoms with Crippen LogP contribution in [0.2, 0.25) is 0 Å². The average molecular weight is 260 g/mol. The SMILES string of the molecule is CCc1nn(C)cc1Nc1ncnc(NC)c1CC. The lowest BCUT2D eigenvalue weighted by atomic mass is 10.2. The highest BCUT2D eigenvalue weighted by atomic mass is 15.3. The van der Waals surface area contributed by atoms with E-state index in [0.29, 0.717) is 0 Å². The number of aryl methyl sites for hydroxylation is 2. The number of hydrogen-bond acceptors (Lipinski definition) is 5. The molecule has 0 spiro atoms. The van der Waals surface area contributed by atoms with Gasteiger partial charge in [-0.2, -0.15) is 5.10 Å². The molecule has 0 aliphatic carbocycles. The molecule has 0 saturated carbocycles. The maximum atomic E-state index is 4.42. The minimum Gasteiger partial charge on any atom is -0.373 e. The molecule has 6 heteroatoms. The summed E-state index contributed by atoms with van der Waals surface area (Å²) in [5.41, 5.74) is 3.12. The molecule has 0 fully saturated rings. The Kier molecular flexibility index (Phi) is 3.99. The summed E-state index contributed by atoms with van der Waals surface area (Å²) < 4.78 is 1.81. The van der Waals surface area contributed by atoms with Gasteiger partial charge in [-0.3, -0.25) is 4.68 Å². The molecule has 19 heavy (non-hydrogen) atoms. The van der Waals surface area contributed by atoms with Crippen molar-refractivity contribution < 1.29 is 0 Å². The fourth-order valence-electron chi connectivity index (χ4n) is 2.10. The van der Waals surface area contributed by atoms with E-state index in [4.69, 9.17) is 0 Å². The van der Waals surface area contributed by atoms with Gasteiger partial charge in [-0.15, -0.1) is 0 Å². The van der Waals surface area contributed by atoms with Crippen LogP contribution in [0.15, 0.2) is 12.5 Å². The summed E-state index contributed by atoms with van der Waals surface area (Å²) in [4.78, 5) is 8.57. The van der Waals surface area contributed by atoms with Gasteiger partial charge in [0.05, 0.1) is 11.4 Å². The largest absolute Gasteiger partial charge is 0.373 e. The molecule has 0 amide bonds. The van der Waals surface area contributed by atoms with E-state index in [1.807, 2.05) is 25.0 Å². The summed E-state index contributed by atoms with van der Waals surface area (Å²) in [5.74, 6) is 1.70. The van der Waals surface area contributed by atoms with Crippen molar-refractivity contribution in [2.45, 2.75) is 26.7 Å². The lowest BCUT2D eigenvalue weighted by Crippen LogP contribution is -2.05. The molecule has 102 valence electrons. The number of nitrogens with zero attached hydrogens (tertiary/aromatic N) is 4. The normalized spacial score (nSPS) is 10.5. The molecule has 0 bridgehead atoms. The Morgan fingerprint density at radius 2 is 1.89 bits per heavy atom. The van der Waals surface area contributed by atoms with Crippen LogP contribution in [0.5, 0.6) is 0 Å². The van der Waals surface area contributed by atoms with E-state index < -0.39 is 0 Å². The van der Waals surface area contributed by atoms with Gasteiger partial charge in [-0.25, -0.2) is 9.97 Å². The Labute approximate surface area is 113 Å². The van der Waals surface area contributed by atoms with Crippen molar-refractivity contribution in [3.8, 4) is 0 Å². The zero-order chi connectivity index (χ0) is 13.8. The third kappa shape index (κ3) is 2.67. The van der Waals surface area contributed by atoms with Crippen molar-refractivity contribution in [1.29, 1.82) is 0 Å². The summed E-state index contributed by atoms with van der Waals surface area (Å²) in [7, 11) is 3.79. The quantitative estimate of drug-likeness (QED) is 0.862. The second-order valence-corrected chi connectivity index (χ2v) is 4.29. The molecule has 0 radical (unpaired) electrons. The van der Waals surface area contributed by atoms with Crippen LogP contribution in [0.1, 0.15) is 25.1 Å². The van der Waals surface area contributed by atoms with Crippen molar-refractivity contribution in [2.75, 3.05) is 17.7 Å². The highest BCUT2D eigenvalue weighted by Gasteiger charge is 2.12. The third-order valence-electron chi connectivity index (χ3n) is 3.03. The van der Waals surface area contributed by atoms with Crippen LogP contribution in [0.4, 0.5) is 17.3 Å². The fraction of sp³-hybridized carbons (Fsp3) is 0.462. The maximum Gasteiger partial charge on any atom is 0.139 e. The summed E-state index contributed by atoms with van der Waals surface area (Å²) in [6.45, 7) is 4.18. The lowest BCUT2D eigenvalue weighted by molar-refractivity contribution is 0.746. The van der Waals surface area contributed by atoms with Gasteiger partial charge in [-0.1, -0.05) is 13.8 Å². The molecule has 2 heterocycles. The van der Waals surface area contributed by atoms with Gasteiger partial charge in [0.15, 0.2) is 0 Å². The summed E-state index contributed by atoms with van der Waals surface area (Å²) in [6.07, 6.45) is 5.28. The fourth-order valence-corrected chi connectivity index (χ4v) is 2.10. The smallest absolute Gasteiger partial charge is 0.139 e. The zero-order valence-electron chi connectivity index (χ0n) is 11.9. The van der Waals surface area contributed by atoms with E-state index in [0.717, 1.165) is 41.4 Å². The minimum absolute atomic E-state index is 0.838. The van der Waals surface area contributed by atoms with Crippen molar-refractivity contribution in [1.82, 2.24) is 19.7 Å². The van der Waals surface area contributed by atoms with Crippen molar-refractivity contribution in [2.24, 2.45) is 7.05 Å². The highest BCUT2D eigenvalue weighted by molar-refractivity contribution is 5.65. The Balaban J connectivity index is 2.37. The van der Waals surface area contributed by atoms with Crippen LogP contribution in [0.3, 0.4) is 0 Å². The molecule has 2 rings (SSSR count). The van der Waals surface area contributed by atoms with Crippen molar-refractivity contribution >= 4 is 17.3 Å². The van der Waals surface area contributed by atoms with E-state index in [9.17, 15) is 0 Å². The minimum atomic E-state index is 0.838. The Bertz CT molecular complexity index is 560. The van der Waals surface area contributed by atoms with Gasteiger partial charge in [0.1, 0.15) is 18.0 Å². The molecule has 0 aliphatic rings. The molecule has 0 atom stereocenters. The predicted octanol–water partition coefficient (Wildman–Crippen LogP) is 2.12. The van der Waals surface area contributed by atoms with Gasteiger partial charge in [0.2, 0.25) is 0 Å². The molecule has 2 N–H and O–H groups in total. The van der Waals surface area contributed by atoms with E-state index in [1.54, 1.807) is 6.33 Å². The number of aromatic nitrogens is 4. The van der Waals surface area contributed by atoms with E-state index in [2.05, 4.69) is 39.5 Å². The molecule has 2 aromatic heterocycles. The molecule has 2 aromatic rings. The second kappa shape index (κ2) is 5.69. The van der Waals surface area contributed by atoms with Crippen LogP contribution in [0, 0.1) is 0 Å². The molecule has 0 aromatic carbocycles. The van der Waals surface area contributed by atoms with Crippen LogP contribution in [-0.4, -0.2) is 26.8 Å². The van der Waals surface area contributed by atoms with Crippen LogP contribution >= 0.6 is 0 Å². The van der Waals surface area contributed by atoms with Gasteiger partial charge < -0.3 is 10.6 Å². The molecule has 0 aliphatic heterocycles. The molecule has 6 nitrogen and oxygen atoms in total. The summed E-state index contributed by atoms with van der Waals surface area (Å²) >= 11 is 0. The number of nitrogens with one attached hydrogen (secondary N) is 2. The first-order chi connectivity index (χ1) is 9.19. The van der Waals surface area contributed by atoms with Crippen molar-refractivity contribution in [3.05, 3.63) is 23.8 Å². The Hall–Kier alpha value is -2.11. The predicted molar refractivity (Wildman–Crippen MR) is 76.8 cm³/mol. The maximum absolute atomic E-state index is 4.42. The topological polar surface area (TPSA) is 67.7 Å². The van der Waals surface area contributed by atoms with Crippen LogP contribution in [-0.2, 0) is 19.9 Å². The van der Waals surface area contributed by atoms with Crippen LogP contribution in [0.25, 0.3) is 0 Å². The Morgan fingerprint density at radius 3 is 2.53 bits per heavy atom. The average Bonchev–Trinajstić information content (AvgIpc) is 2.78. The third-order valence-corrected chi connectivity index (χ3v) is 3.03. The highest BCUT2D eigenvalue weighted by Crippen LogP contribution is 2.25. The first-order valence-corrected chi connectivity index (χ1v) is 6.50. The van der Waals surface area contributed by atoms with Crippen molar-refractivity contribution in [3.63, 3.8) is 0 Å². The van der Waals surface area contributed by atoms with E-state index >= 15 is 0 Å². The van der Waals surface area contributed by atoms with Gasteiger partial charge >= 0.3 is 0 Å². The lowest BCUT2D eigenvalue weighted by Gasteiger charge is -2.12. The first kappa shape index (κ1) is 13.3. The van der Waals surface area contributed by atoms with Gasteiger partial charge in [0.25, 0.3) is 0 Å². The standard InChI is InChI=1S/C13H20N6/c1-5-9-12(14-3)15-8-16-13(9)17-11-7-19(4)18-10(11)6-2/h7-8H,5-6H2,1-4H3,(H2,14,15,16,17). The van der Waals surface area contributed by atoms with E-state index in [-0.39, 0.29) is 0 Å². The number of hydrogen-bond donors (Lipinski definition) is 2. The van der Waals surface area contributed by atoms with Gasteiger partial charge in [0, 0.05) is 25.9 Å². The monoisotopic (exact) mass is 260 g/mol. The molecular formula is C13H20N6. The number of anilines is 3. The molecular weight excluding hydrogens is 240 g/mol. The van der Waals surface area contributed by atoms with Crippen LogP contribution < -0.4 is 10.6 Å². The molecule has 0 unspecified atom stereocenters. The first-order valence-electron chi connectivity index (χ1n) is 6.50. The van der Waals surface area contributed by atoms with E-state index in [1.165, 1.54) is 0 Å². The number of rotatable bonds is 5. The summed E-state index contributed by atoms with van der Waals surface area (Å²) in [5, 5.41) is 10.9. The summed E-state index contributed by atoms with van der Waals surface area (Å²) in [6, 6.07) is 0. The zero-order valence-corrected chi connectivity index (χ0v) is 11.9. The Morgan fingerprint density at radius 1 is 1.16 bits per heavy atom. The van der Waals surface area contributed by atoms with Gasteiger partial charge in [-0.05, 0) is 12.8 Å².